The van der Waals surface area contributed by atoms with Crippen molar-refractivity contribution in [3.8, 4) is 11.7 Å². The van der Waals surface area contributed by atoms with Crippen molar-refractivity contribution >= 4 is 21.5 Å². The molecule has 2 heterocycles. The van der Waals surface area contributed by atoms with E-state index in [0.717, 1.165) is 15.6 Å². The Balaban J connectivity index is 2.34. The molecule has 4 nitrogen and oxygen atoms in total. The minimum Gasteiger partial charge on any atom is -0.459 e. The van der Waals surface area contributed by atoms with Crippen molar-refractivity contribution in [2.75, 3.05) is 0 Å². The average Bonchev–Trinajstić information content (AvgIpc) is 2.98. The number of furan rings is 1. The van der Waals surface area contributed by atoms with Gasteiger partial charge >= 0.3 is 0 Å². The van der Waals surface area contributed by atoms with Crippen LogP contribution in [0.25, 0.3) is 17.2 Å². The van der Waals surface area contributed by atoms with Gasteiger partial charge in [-0.05, 0) is 37.6 Å². The van der Waals surface area contributed by atoms with Crippen molar-refractivity contribution in [1.82, 2.24) is 10.1 Å². The SMILES string of the molecule is C=C(Br)/C=C(C)\C(=C/C)c1noc(-c2ccco2)n1. The summed E-state index contributed by atoms with van der Waals surface area (Å²) in [7, 11) is 0. The van der Waals surface area contributed by atoms with Crippen molar-refractivity contribution in [1.29, 1.82) is 0 Å². The molecule has 0 aromatic carbocycles. The third-order valence-corrected chi connectivity index (χ3v) is 2.71. The zero-order valence-electron chi connectivity index (χ0n) is 10.7. The summed E-state index contributed by atoms with van der Waals surface area (Å²) in [6.07, 6.45) is 5.40. The molecule has 2 aromatic rings. The monoisotopic (exact) mass is 320 g/mol. The molecule has 0 aliphatic carbocycles. The summed E-state index contributed by atoms with van der Waals surface area (Å²) >= 11 is 3.30. The molecule has 0 saturated heterocycles. The normalized spacial score (nSPS) is 12.8. The number of aromatic nitrogens is 2. The lowest BCUT2D eigenvalue weighted by molar-refractivity contribution is 0.413. The standard InChI is InChI=1S/C14H13BrN2O2/c1-4-11(9(2)8-10(3)15)13-16-14(19-17-13)12-6-5-7-18-12/h4-8H,3H2,1-2H3/b9-8-,11-4+. The van der Waals surface area contributed by atoms with Crippen molar-refractivity contribution < 1.29 is 8.94 Å². The molecular weight excluding hydrogens is 308 g/mol. The second-order valence-corrected chi connectivity index (χ2v) is 4.90. The molecule has 0 fully saturated rings. The van der Waals surface area contributed by atoms with E-state index in [1.165, 1.54) is 0 Å². The molecule has 5 heteroatoms. The second kappa shape index (κ2) is 5.84. The summed E-state index contributed by atoms with van der Waals surface area (Å²) in [4.78, 5) is 4.33. The molecule has 0 atom stereocenters. The van der Waals surface area contributed by atoms with E-state index in [2.05, 4.69) is 32.6 Å². The molecule has 0 spiro atoms. The first-order valence-electron chi connectivity index (χ1n) is 5.69. The third-order valence-electron chi connectivity index (χ3n) is 2.49. The van der Waals surface area contributed by atoms with E-state index in [-0.39, 0.29) is 0 Å². The van der Waals surface area contributed by atoms with Crippen LogP contribution in [0.2, 0.25) is 0 Å². The molecule has 0 radical (unpaired) electrons. The molecule has 0 unspecified atom stereocenters. The summed E-state index contributed by atoms with van der Waals surface area (Å²) in [5.41, 5.74) is 1.89. The van der Waals surface area contributed by atoms with E-state index >= 15 is 0 Å². The lowest BCUT2D eigenvalue weighted by atomic mass is 10.1. The number of halogens is 1. The number of allylic oxidation sites excluding steroid dienone is 5. The maximum atomic E-state index is 5.22. The topological polar surface area (TPSA) is 52.1 Å². The molecule has 0 N–H and O–H groups in total. The van der Waals surface area contributed by atoms with Gasteiger partial charge in [0.05, 0.1) is 6.26 Å². The van der Waals surface area contributed by atoms with Gasteiger partial charge in [0, 0.05) is 10.1 Å². The summed E-state index contributed by atoms with van der Waals surface area (Å²) < 4.78 is 11.2. The summed E-state index contributed by atoms with van der Waals surface area (Å²) in [6, 6.07) is 3.55. The quantitative estimate of drug-likeness (QED) is 0.773. The second-order valence-electron chi connectivity index (χ2n) is 3.88. The van der Waals surface area contributed by atoms with Crippen LogP contribution in [0, 0.1) is 0 Å². The van der Waals surface area contributed by atoms with Gasteiger partial charge in [0.25, 0.3) is 5.89 Å². The third kappa shape index (κ3) is 3.12. The first-order chi connectivity index (χ1) is 9.11. The van der Waals surface area contributed by atoms with Gasteiger partial charge in [-0.2, -0.15) is 4.98 Å². The molecule has 0 aliphatic rings. The predicted octanol–water partition coefficient (Wildman–Crippen LogP) is 4.59. The first kappa shape index (κ1) is 13.5. The maximum absolute atomic E-state index is 5.22. The van der Waals surface area contributed by atoms with Gasteiger partial charge in [0.1, 0.15) is 0 Å². The van der Waals surface area contributed by atoms with Crippen molar-refractivity contribution in [2.24, 2.45) is 0 Å². The summed E-state index contributed by atoms with van der Waals surface area (Å²) in [6.45, 7) is 7.67. The van der Waals surface area contributed by atoms with Crippen LogP contribution < -0.4 is 0 Å². The minimum absolute atomic E-state index is 0.366. The molecule has 0 amide bonds. The Bertz CT molecular complexity index is 636. The fraction of sp³-hybridized carbons (Fsp3) is 0.143. The van der Waals surface area contributed by atoms with Crippen LogP contribution in [0.1, 0.15) is 19.7 Å². The van der Waals surface area contributed by atoms with Crippen molar-refractivity contribution in [3.63, 3.8) is 0 Å². The predicted molar refractivity (Wildman–Crippen MR) is 77.5 cm³/mol. The maximum Gasteiger partial charge on any atom is 0.293 e. The molecule has 0 saturated carbocycles. The van der Waals surface area contributed by atoms with Crippen LogP contribution >= 0.6 is 15.9 Å². The van der Waals surface area contributed by atoms with Gasteiger partial charge in [0.15, 0.2) is 5.76 Å². The van der Waals surface area contributed by atoms with Gasteiger partial charge in [-0.25, -0.2) is 0 Å². The lowest BCUT2D eigenvalue weighted by Gasteiger charge is -2.01. The fourth-order valence-electron chi connectivity index (χ4n) is 1.68. The average molecular weight is 321 g/mol. The first-order valence-corrected chi connectivity index (χ1v) is 6.48. The molecule has 19 heavy (non-hydrogen) atoms. The van der Waals surface area contributed by atoms with Crippen LogP contribution in [0.3, 0.4) is 0 Å². The number of nitrogens with zero attached hydrogens (tertiary/aromatic N) is 2. The van der Waals surface area contributed by atoms with Crippen LogP contribution in [0.4, 0.5) is 0 Å². The van der Waals surface area contributed by atoms with E-state index in [1.54, 1.807) is 18.4 Å². The van der Waals surface area contributed by atoms with Crippen LogP contribution in [-0.2, 0) is 0 Å². The molecule has 0 aliphatic heterocycles. The van der Waals surface area contributed by atoms with Crippen molar-refractivity contribution in [3.05, 3.63) is 53.0 Å². The van der Waals surface area contributed by atoms with Crippen LogP contribution in [0.5, 0.6) is 0 Å². The molecule has 2 rings (SSSR count). The zero-order valence-corrected chi connectivity index (χ0v) is 12.3. The Labute approximate surface area is 119 Å². The van der Waals surface area contributed by atoms with Crippen LogP contribution in [-0.4, -0.2) is 10.1 Å². The van der Waals surface area contributed by atoms with Crippen LogP contribution in [0.15, 0.2) is 56.1 Å². The highest BCUT2D eigenvalue weighted by Crippen LogP contribution is 2.25. The Kier molecular flexibility index (Phi) is 4.16. The molecule has 98 valence electrons. The van der Waals surface area contributed by atoms with Gasteiger partial charge in [-0.15, -0.1) is 0 Å². The van der Waals surface area contributed by atoms with E-state index < -0.39 is 0 Å². The highest BCUT2D eigenvalue weighted by molar-refractivity contribution is 9.11. The van der Waals surface area contributed by atoms with E-state index in [4.69, 9.17) is 8.94 Å². The Morgan fingerprint density at radius 2 is 2.26 bits per heavy atom. The number of hydrogen-bond acceptors (Lipinski definition) is 4. The van der Waals surface area contributed by atoms with E-state index in [0.29, 0.717) is 17.5 Å². The van der Waals surface area contributed by atoms with Gasteiger partial charge in [0.2, 0.25) is 5.82 Å². The summed E-state index contributed by atoms with van der Waals surface area (Å²) in [5, 5.41) is 3.97. The minimum atomic E-state index is 0.366. The van der Waals surface area contributed by atoms with E-state index in [9.17, 15) is 0 Å². The molecular formula is C14H13BrN2O2. The Hall–Kier alpha value is -1.88. The van der Waals surface area contributed by atoms with E-state index in [1.807, 2.05) is 26.0 Å². The van der Waals surface area contributed by atoms with Gasteiger partial charge in [-0.3, -0.25) is 0 Å². The zero-order chi connectivity index (χ0) is 13.8. The largest absolute Gasteiger partial charge is 0.459 e. The Morgan fingerprint density at radius 3 is 2.84 bits per heavy atom. The van der Waals surface area contributed by atoms with Crippen molar-refractivity contribution in [2.45, 2.75) is 13.8 Å². The van der Waals surface area contributed by atoms with Gasteiger partial charge < -0.3 is 8.94 Å². The Morgan fingerprint density at radius 1 is 1.47 bits per heavy atom. The number of hydrogen-bond donors (Lipinski definition) is 0. The fourth-order valence-corrected chi connectivity index (χ4v) is 2.02. The number of rotatable bonds is 4. The smallest absolute Gasteiger partial charge is 0.293 e. The summed E-state index contributed by atoms with van der Waals surface area (Å²) in [5.74, 6) is 1.45. The highest BCUT2D eigenvalue weighted by Gasteiger charge is 2.14. The molecule has 2 aromatic heterocycles. The molecule has 0 bridgehead atoms. The lowest BCUT2D eigenvalue weighted by Crippen LogP contribution is -1.89. The van der Waals surface area contributed by atoms with Gasteiger partial charge in [-0.1, -0.05) is 33.7 Å². The highest BCUT2D eigenvalue weighted by atomic mass is 79.9.